The van der Waals surface area contributed by atoms with Crippen molar-refractivity contribution in [3.05, 3.63) is 28.8 Å². The van der Waals surface area contributed by atoms with Gasteiger partial charge in [0.2, 0.25) is 0 Å². The van der Waals surface area contributed by atoms with E-state index in [9.17, 15) is 9.59 Å². The SMILES string of the molecule is CC(C)(C)OC(=O)N1CCC[C@@]2(C1)OC(=O)Nc1ccc(Cl)cc12. The molecule has 24 heavy (non-hydrogen) atoms. The minimum atomic E-state index is -0.891. The Bertz CT molecular complexity index is 686. The number of likely N-dealkylation sites (tertiary alicyclic amines) is 1. The van der Waals surface area contributed by atoms with Gasteiger partial charge in [-0.15, -0.1) is 0 Å². The smallest absolute Gasteiger partial charge is 0.412 e. The average molecular weight is 353 g/mol. The molecule has 2 aliphatic heterocycles. The second-order valence-electron chi connectivity index (χ2n) is 7.20. The zero-order valence-electron chi connectivity index (χ0n) is 14.0. The van der Waals surface area contributed by atoms with Crippen LogP contribution in [-0.4, -0.2) is 35.8 Å². The first-order valence-corrected chi connectivity index (χ1v) is 8.34. The molecule has 1 spiro atoms. The van der Waals surface area contributed by atoms with Gasteiger partial charge < -0.3 is 14.4 Å². The largest absolute Gasteiger partial charge is 0.444 e. The topological polar surface area (TPSA) is 67.9 Å². The van der Waals surface area contributed by atoms with Crippen molar-refractivity contribution in [1.82, 2.24) is 4.90 Å². The number of nitrogens with one attached hydrogen (secondary N) is 1. The van der Waals surface area contributed by atoms with Crippen molar-refractivity contribution in [2.75, 3.05) is 18.4 Å². The molecule has 0 radical (unpaired) electrons. The van der Waals surface area contributed by atoms with Crippen LogP contribution in [0.5, 0.6) is 0 Å². The predicted molar refractivity (Wildman–Crippen MR) is 90.3 cm³/mol. The molecule has 1 saturated heterocycles. The summed E-state index contributed by atoms with van der Waals surface area (Å²) < 4.78 is 11.1. The fraction of sp³-hybridized carbons (Fsp3) is 0.529. The van der Waals surface area contributed by atoms with Crippen LogP contribution in [-0.2, 0) is 15.1 Å². The Morgan fingerprint density at radius 3 is 2.88 bits per heavy atom. The molecule has 0 unspecified atom stereocenters. The average Bonchev–Trinajstić information content (AvgIpc) is 2.46. The van der Waals surface area contributed by atoms with Gasteiger partial charge in [0, 0.05) is 17.1 Å². The maximum absolute atomic E-state index is 12.4. The Hall–Kier alpha value is -1.95. The highest BCUT2D eigenvalue weighted by atomic mass is 35.5. The number of anilines is 1. The van der Waals surface area contributed by atoms with Crippen LogP contribution in [0.4, 0.5) is 15.3 Å². The van der Waals surface area contributed by atoms with E-state index in [-0.39, 0.29) is 6.54 Å². The standard InChI is InChI=1S/C17H21ClN2O4/c1-16(2,3)24-15(22)20-8-4-7-17(10-20)12-9-11(18)5-6-13(12)19-14(21)23-17/h5-6,9H,4,7-8,10H2,1-3H3,(H,19,21)/t17-/m0/s1. The van der Waals surface area contributed by atoms with Crippen LogP contribution in [0.3, 0.4) is 0 Å². The fourth-order valence-electron chi connectivity index (χ4n) is 3.18. The molecule has 1 fully saturated rings. The Labute approximate surface area is 146 Å². The van der Waals surface area contributed by atoms with Crippen molar-refractivity contribution in [2.45, 2.75) is 44.8 Å². The molecule has 2 amide bonds. The van der Waals surface area contributed by atoms with Crippen molar-refractivity contribution < 1.29 is 19.1 Å². The van der Waals surface area contributed by atoms with Gasteiger partial charge in [0.1, 0.15) is 5.60 Å². The van der Waals surface area contributed by atoms with Crippen molar-refractivity contribution in [3.63, 3.8) is 0 Å². The molecule has 130 valence electrons. The van der Waals surface area contributed by atoms with E-state index < -0.39 is 23.4 Å². The molecule has 0 saturated carbocycles. The first-order chi connectivity index (χ1) is 11.2. The summed E-state index contributed by atoms with van der Waals surface area (Å²) in [6, 6.07) is 5.26. The quantitative estimate of drug-likeness (QED) is 0.762. The van der Waals surface area contributed by atoms with Crippen molar-refractivity contribution in [3.8, 4) is 0 Å². The van der Waals surface area contributed by atoms with Gasteiger partial charge in [-0.3, -0.25) is 5.32 Å². The predicted octanol–water partition coefficient (Wildman–Crippen LogP) is 4.13. The molecule has 0 aliphatic carbocycles. The summed E-state index contributed by atoms with van der Waals surface area (Å²) in [7, 11) is 0. The summed E-state index contributed by atoms with van der Waals surface area (Å²) in [5, 5.41) is 3.24. The highest BCUT2D eigenvalue weighted by Crippen LogP contribution is 2.43. The van der Waals surface area contributed by atoms with E-state index in [0.29, 0.717) is 30.1 Å². The molecule has 1 N–H and O–H groups in total. The van der Waals surface area contributed by atoms with Gasteiger partial charge in [0.25, 0.3) is 0 Å². The van der Waals surface area contributed by atoms with Crippen molar-refractivity contribution in [1.29, 1.82) is 0 Å². The maximum atomic E-state index is 12.4. The second kappa shape index (κ2) is 5.84. The molecule has 2 heterocycles. The third kappa shape index (κ3) is 3.29. The highest BCUT2D eigenvalue weighted by Gasteiger charge is 2.47. The van der Waals surface area contributed by atoms with E-state index in [2.05, 4.69) is 5.32 Å². The number of nitrogens with zero attached hydrogens (tertiary/aromatic N) is 1. The molecule has 7 heteroatoms. The summed E-state index contributed by atoms with van der Waals surface area (Å²) in [5.41, 5.74) is -0.00429. The minimum absolute atomic E-state index is 0.253. The van der Waals surface area contributed by atoms with Crippen LogP contribution in [0.25, 0.3) is 0 Å². The number of carbonyl (C=O) groups is 2. The van der Waals surface area contributed by atoms with Crippen LogP contribution >= 0.6 is 11.6 Å². The lowest BCUT2D eigenvalue weighted by atomic mass is 9.83. The molecule has 1 atom stereocenters. The number of rotatable bonds is 0. The molecule has 0 bridgehead atoms. The number of fused-ring (bicyclic) bond motifs is 2. The first kappa shape index (κ1) is 16.9. The lowest BCUT2D eigenvalue weighted by Crippen LogP contribution is -2.53. The number of benzene rings is 1. The first-order valence-electron chi connectivity index (χ1n) is 7.96. The van der Waals surface area contributed by atoms with Crippen molar-refractivity contribution in [2.24, 2.45) is 0 Å². The molecule has 6 nitrogen and oxygen atoms in total. The zero-order chi connectivity index (χ0) is 17.5. The minimum Gasteiger partial charge on any atom is -0.444 e. The van der Waals surface area contributed by atoms with Gasteiger partial charge in [0.15, 0.2) is 5.60 Å². The van der Waals surface area contributed by atoms with Crippen LogP contribution in [0.2, 0.25) is 5.02 Å². The van der Waals surface area contributed by atoms with E-state index in [1.165, 1.54) is 0 Å². The molecule has 1 aromatic rings. The summed E-state index contributed by atoms with van der Waals surface area (Å²) in [4.78, 5) is 26.0. The Morgan fingerprint density at radius 1 is 1.42 bits per heavy atom. The van der Waals surface area contributed by atoms with E-state index >= 15 is 0 Å². The summed E-state index contributed by atoms with van der Waals surface area (Å²) in [6.07, 6.45) is 0.418. The monoisotopic (exact) mass is 352 g/mol. The number of hydrogen-bond acceptors (Lipinski definition) is 4. The second-order valence-corrected chi connectivity index (χ2v) is 7.64. The Balaban J connectivity index is 1.92. The summed E-state index contributed by atoms with van der Waals surface area (Å²) >= 11 is 6.13. The summed E-state index contributed by atoms with van der Waals surface area (Å²) in [6.45, 7) is 6.29. The highest BCUT2D eigenvalue weighted by molar-refractivity contribution is 6.30. The Morgan fingerprint density at radius 2 is 2.17 bits per heavy atom. The van der Waals surface area contributed by atoms with E-state index in [4.69, 9.17) is 21.1 Å². The number of halogens is 1. The number of amides is 2. The molecular formula is C17H21ClN2O4. The van der Waals surface area contributed by atoms with E-state index in [0.717, 1.165) is 5.56 Å². The molecule has 1 aromatic carbocycles. The normalized spacial score (nSPS) is 23.3. The summed E-state index contributed by atoms with van der Waals surface area (Å²) in [5.74, 6) is 0. The van der Waals surface area contributed by atoms with Gasteiger partial charge in [-0.05, 0) is 51.8 Å². The molecule has 3 rings (SSSR count). The third-order valence-electron chi connectivity index (χ3n) is 4.10. The van der Waals surface area contributed by atoms with Gasteiger partial charge in [0.05, 0.1) is 12.2 Å². The van der Waals surface area contributed by atoms with Gasteiger partial charge in [-0.25, -0.2) is 9.59 Å². The third-order valence-corrected chi connectivity index (χ3v) is 4.34. The zero-order valence-corrected chi connectivity index (χ0v) is 14.8. The number of hydrogen-bond donors (Lipinski definition) is 1. The van der Waals surface area contributed by atoms with Crippen LogP contribution < -0.4 is 5.32 Å². The number of carbonyl (C=O) groups excluding carboxylic acids is 2. The van der Waals surface area contributed by atoms with Crippen LogP contribution in [0.1, 0.15) is 39.2 Å². The fourth-order valence-corrected chi connectivity index (χ4v) is 3.35. The van der Waals surface area contributed by atoms with Crippen LogP contribution in [0.15, 0.2) is 18.2 Å². The van der Waals surface area contributed by atoms with Crippen LogP contribution in [0, 0.1) is 0 Å². The molecule has 0 aromatic heterocycles. The lowest BCUT2D eigenvalue weighted by molar-refractivity contribution is -0.0537. The van der Waals surface area contributed by atoms with E-state index in [1.54, 1.807) is 23.1 Å². The molecular weight excluding hydrogens is 332 g/mol. The number of ether oxygens (including phenoxy) is 2. The van der Waals surface area contributed by atoms with Gasteiger partial charge >= 0.3 is 12.2 Å². The van der Waals surface area contributed by atoms with Gasteiger partial charge in [-0.1, -0.05) is 11.6 Å². The van der Waals surface area contributed by atoms with Gasteiger partial charge in [-0.2, -0.15) is 0 Å². The molecule has 2 aliphatic rings. The van der Waals surface area contributed by atoms with Crippen molar-refractivity contribution >= 4 is 29.5 Å². The Kier molecular flexibility index (Phi) is 4.11. The number of piperidine rings is 1. The lowest BCUT2D eigenvalue weighted by Gasteiger charge is -2.45. The maximum Gasteiger partial charge on any atom is 0.412 e. The van der Waals surface area contributed by atoms with E-state index in [1.807, 2.05) is 20.8 Å².